The highest BCUT2D eigenvalue weighted by molar-refractivity contribution is 6.31. The fourth-order valence-electron chi connectivity index (χ4n) is 5.35. The molecule has 3 aromatic rings. The van der Waals surface area contributed by atoms with Crippen LogP contribution in [0.15, 0.2) is 42.7 Å². The second kappa shape index (κ2) is 10.8. The number of benzene rings is 1. The third kappa shape index (κ3) is 5.17. The number of carbonyl (C=O) groups excluding carboxylic acids is 2. The quantitative estimate of drug-likeness (QED) is 0.408. The van der Waals surface area contributed by atoms with Gasteiger partial charge in [0.2, 0.25) is 11.8 Å². The molecule has 0 radical (unpaired) electrons. The third-order valence-corrected chi connectivity index (χ3v) is 7.71. The fraction of sp³-hybridized carbons (Fsp3) is 0.357. The van der Waals surface area contributed by atoms with Gasteiger partial charge >= 0.3 is 0 Å². The number of nitrogens with zero attached hydrogens (tertiary/aromatic N) is 4. The summed E-state index contributed by atoms with van der Waals surface area (Å²) in [4.78, 5) is 32.5. The monoisotopic (exact) mass is 557 g/mol. The van der Waals surface area contributed by atoms with Crippen molar-refractivity contribution in [2.75, 3.05) is 11.9 Å². The predicted octanol–water partition coefficient (Wildman–Crippen LogP) is 6.33. The molecule has 11 heteroatoms. The predicted molar refractivity (Wildman–Crippen MR) is 141 cm³/mol. The molecule has 2 unspecified atom stereocenters. The zero-order chi connectivity index (χ0) is 27.8. The van der Waals surface area contributed by atoms with E-state index < -0.39 is 29.8 Å². The van der Waals surface area contributed by atoms with E-state index in [1.807, 2.05) is 19.1 Å². The van der Waals surface area contributed by atoms with E-state index in [9.17, 15) is 22.8 Å². The van der Waals surface area contributed by atoms with Crippen LogP contribution in [0, 0.1) is 11.7 Å². The summed E-state index contributed by atoms with van der Waals surface area (Å²) in [6, 6.07) is 5.44. The summed E-state index contributed by atoms with van der Waals surface area (Å²) < 4.78 is 43.9. The van der Waals surface area contributed by atoms with E-state index in [0.29, 0.717) is 36.3 Å². The van der Waals surface area contributed by atoms with Crippen molar-refractivity contribution in [3.63, 3.8) is 0 Å². The number of fused-ring (bicyclic) bond motifs is 4. The molecule has 2 bridgehead atoms. The van der Waals surface area contributed by atoms with Crippen molar-refractivity contribution in [1.82, 2.24) is 19.7 Å². The van der Waals surface area contributed by atoms with E-state index in [4.69, 9.17) is 11.6 Å². The number of hydrogen-bond acceptors (Lipinski definition) is 4. The van der Waals surface area contributed by atoms with Crippen molar-refractivity contribution in [3.05, 3.63) is 70.4 Å². The molecule has 0 aliphatic carbocycles. The first-order valence-corrected chi connectivity index (χ1v) is 13.1. The number of aryl methyl sites for hydroxylation is 1. The minimum atomic E-state index is -2.92. The molecule has 0 fully saturated rings. The minimum Gasteiger partial charge on any atom is -0.330 e. The first-order chi connectivity index (χ1) is 18.7. The van der Waals surface area contributed by atoms with E-state index >= 15 is 0 Å². The van der Waals surface area contributed by atoms with Gasteiger partial charge in [-0.15, -0.1) is 0 Å². The number of amides is 2. The van der Waals surface area contributed by atoms with Crippen LogP contribution in [0.5, 0.6) is 0 Å². The number of pyridine rings is 1. The van der Waals surface area contributed by atoms with E-state index in [2.05, 4.69) is 15.4 Å². The Balaban J connectivity index is 1.53. The first-order valence-electron chi connectivity index (χ1n) is 12.7. The molecule has 2 aliphatic heterocycles. The van der Waals surface area contributed by atoms with Gasteiger partial charge in [0, 0.05) is 48.5 Å². The van der Waals surface area contributed by atoms with Gasteiger partial charge in [0.05, 0.1) is 34.3 Å². The molecule has 5 rings (SSSR count). The highest BCUT2D eigenvalue weighted by Gasteiger charge is 2.32. The maximum atomic E-state index is 14.9. The second-order valence-corrected chi connectivity index (χ2v) is 10.3. The highest BCUT2D eigenvalue weighted by Crippen LogP contribution is 2.39. The molecule has 4 heterocycles. The number of alkyl halides is 2. The summed E-state index contributed by atoms with van der Waals surface area (Å²) in [5.74, 6) is -1.77. The summed E-state index contributed by atoms with van der Waals surface area (Å²) in [7, 11) is 1.78. The Morgan fingerprint density at radius 1 is 1.18 bits per heavy atom. The van der Waals surface area contributed by atoms with Crippen LogP contribution in [-0.2, 0) is 16.6 Å². The second-order valence-electron chi connectivity index (χ2n) is 9.91. The Morgan fingerprint density at radius 2 is 1.97 bits per heavy atom. The molecule has 2 aliphatic rings. The van der Waals surface area contributed by atoms with E-state index in [1.54, 1.807) is 29.0 Å². The van der Waals surface area contributed by atoms with Crippen LogP contribution in [0.25, 0.3) is 16.8 Å². The molecule has 2 amide bonds. The number of hydrogen-bond donors (Lipinski definition) is 1. The van der Waals surface area contributed by atoms with Crippen molar-refractivity contribution < 1.29 is 22.8 Å². The number of carbonyl (C=O) groups is 2. The van der Waals surface area contributed by atoms with Crippen LogP contribution in [0.2, 0.25) is 5.02 Å². The molecule has 39 heavy (non-hydrogen) atoms. The van der Waals surface area contributed by atoms with Gasteiger partial charge < -0.3 is 10.2 Å². The van der Waals surface area contributed by atoms with Crippen LogP contribution in [0.4, 0.5) is 18.9 Å². The van der Waals surface area contributed by atoms with E-state index in [-0.39, 0.29) is 40.9 Å². The molecule has 1 N–H and O–H groups in total. The van der Waals surface area contributed by atoms with Crippen LogP contribution in [-0.4, -0.2) is 38.0 Å². The zero-order valence-electron chi connectivity index (χ0n) is 21.4. The van der Waals surface area contributed by atoms with Crippen LogP contribution in [0.3, 0.4) is 0 Å². The van der Waals surface area contributed by atoms with Gasteiger partial charge in [-0.05, 0) is 43.0 Å². The van der Waals surface area contributed by atoms with Gasteiger partial charge in [0.1, 0.15) is 5.82 Å². The molecule has 7 nitrogen and oxygen atoms in total. The van der Waals surface area contributed by atoms with E-state index in [0.717, 1.165) is 17.7 Å². The third-order valence-electron chi connectivity index (χ3n) is 7.42. The smallest absolute Gasteiger partial charge is 0.264 e. The Morgan fingerprint density at radius 3 is 2.72 bits per heavy atom. The van der Waals surface area contributed by atoms with Gasteiger partial charge in [0.15, 0.2) is 0 Å². The Bertz CT molecular complexity index is 1470. The van der Waals surface area contributed by atoms with Gasteiger partial charge in [-0.1, -0.05) is 31.0 Å². The largest absolute Gasteiger partial charge is 0.330 e. The van der Waals surface area contributed by atoms with E-state index in [1.165, 1.54) is 6.08 Å². The first kappa shape index (κ1) is 26.9. The highest BCUT2D eigenvalue weighted by atomic mass is 35.5. The maximum absolute atomic E-state index is 14.9. The number of aromatic nitrogens is 3. The molecule has 0 saturated heterocycles. The zero-order valence-corrected chi connectivity index (χ0v) is 22.2. The van der Waals surface area contributed by atoms with Gasteiger partial charge in [-0.2, -0.15) is 5.10 Å². The standard InChI is InChI=1S/C28H27ClF3N5O2/c1-15-4-3-5-22(20-12-17(8-10-33-20)26-21(35-28(15)39)14-34-36(26)2)37-11-9-16(13-23(37)38)24-18(27(31)32)6-7-19(29)25(24)30/h6-8,10,12-15,22,27H,3-5,9,11H2,1-2H3,(H,35,39). The summed E-state index contributed by atoms with van der Waals surface area (Å²) >= 11 is 5.90. The lowest BCUT2D eigenvalue weighted by atomic mass is 9.91. The lowest BCUT2D eigenvalue weighted by Gasteiger charge is -2.35. The normalized spacial score (nSPS) is 20.2. The van der Waals surface area contributed by atoms with Gasteiger partial charge in [-0.25, -0.2) is 13.2 Å². The van der Waals surface area contributed by atoms with Crippen molar-refractivity contribution in [3.8, 4) is 11.3 Å². The summed E-state index contributed by atoms with van der Waals surface area (Å²) in [5.41, 5.74) is 2.11. The van der Waals surface area contributed by atoms with Crippen LogP contribution < -0.4 is 5.32 Å². The Labute approximate surface area is 228 Å². The Hall–Kier alpha value is -3.66. The molecule has 2 atom stereocenters. The minimum absolute atomic E-state index is 0.115. The van der Waals surface area contributed by atoms with Crippen molar-refractivity contribution in [2.24, 2.45) is 13.0 Å². The molecule has 204 valence electrons. The topological polar surface area (TPSA) is 80.1 Å². The molecule has 0 spiro atoms. The SMILES string of the molecule is CC1CCCC(N2CCC(c3c(C(F)F)ccc(Cl)c3F)=CC2=O)c2cc(ccn2)-c2c(cnn2C)NC1=O. The number of rotatable bonds is 3. The molecule has 0 saturated carbocycles. The van der Waals surface area contributed by atoms with Crippen molar-refractivity contribution in [2.45, 2.75) is 45.1 Å². The molecule has 2 aromatic heterocycles. The summed E-state index contributed by atoms with van der Waals surface area (Å²) in [6.45, 7) is 2.04. The average Bonchev–Trinajstić information content (AvgIpc) is 3.27. The number of nitrogens with one attached hydrogen (secondary N) is 1. The number of anilines is 1. The van der Waals surface area contributed by atoms with Crippen LogP contribution in [0.1, 0.15) is 61.9 Å². The Kier molecular flexibility index (Phi) is 7.48. The van der Waals surface area contributed by atoms with Gasteiger partial charge in [0.25, 0.3) is 6.43 Å². The summed E-state index contributed by atoms with van der Waals surface area (Å²) in [6.07, 6.45) is 3.49. The lowest BCUT2D eigenvalue weighted by Crippen LogP contribution is -2.38. The maximum Gasteiger partial charge on any atom is 0.264 e. The molecular weight excluding hydrogens is 531 g/mol. The lowest BCUT2D eigenvalue weighted by molar-refractivity contribution is -0.129. The molecular formula is C28H27ClF3N5O2. The van der Waals surface area contributed by atoms with Crippen LogP contribution >= 0.6 is 11.6 Å². The number of halogens is 4. The van der Waals surface area contributed by atoms with Crippen molar-refractivity contribution >= 4 is 34.7 Å². The molecule has 1 aromatic carbocycles. The summed E-state index contributed by atoms with van der Waals surface area (Å²) in [5, 5.41) is 7.00. The van der Waals surface area contributed by atoms with Gasteiger partial charge in [-0.3, -0.25) is 19.3 Å². The van der Waals surface area contributed by atoms with Crippen molar-refractivity contribution in [1.29, 1.82) is 0 Å². The average molecular weight is 558 g/mol. The fourth-order valence-corrected chi connectivity index (χ4v) is 5.51.